The smallest absolute Gasteiger partial charge is 0.166 e. The summed E-state index contributed by atoms with van der Waals surface area (Å²) in [6.07, 6.45) is -4.40. The van der Waals surface area contributed by atoms with Crippen molar-refractivity contribution in [1.82, 2.24) is 0 Å². The highest BCUT2D eigenvalue weighted by Crippen LogP contribution is 2.50. The molecule has 10 aromatic carbocycles. The number of alkyl halides is 3. The lowest BCUT2D eigenvalue weighted by Gasteiger charge is -2.18. The van der Waals surface area contributed by atoms with E-state index >= 15 is 0 Å². The van der Waals surface area contributed by atoms with Crippen LogP contribution < -0.4 is 0 Å². The molecule has 11 aromatic rings. The SMILES string of the molecule is FC(F)(F)c1ccc(-c2c3ccccc3c(-c3ccc4sc5c(-c6c7ccccc7c(-c7ccccc7)c7ccccc67)cccc5c4c3)c3ccccc23)cc1. The Morgan fingerprint density at radius 3 is 1.21 bits per heavy atom. The van der Waals surface area contributed by atoms with Crippen molar-refractivity contribution in [2.75, 3.05) is 0 Å². The zero-order chi connectivity index (χ0) is 38.3. The molecule has 0 nitrogen and oxygen atoms in total. The number of hydrogen-bond acceptors (Lipinski definition) is 1. The highest BCUT2D eigenvalue weighted by atomic mass is 32.1. The summed E-state index contributed by atoms with van der Waals surface area (Å²) in [5.74, 6) is 0. The molecule has 4 heteroatoms. The Kier molecular flexibility index (Phi) is 7.60. The molecule has 11 rings (SSSR count). The number of rotatable bonds is 4. The van der Waals surface area contributed by atoms with Crippen molar-refractivity contribution in [2.45, 2.75) is 6.18 Å². The third-order valence-electron chi connectivity index (χ3n) is 11.5. The topological polar surface area (TPSA) is 0 Å². The van der Waals surface area contributed by atoms with E-state index in [0.29, 0.717) is 0 Å². The number of thiophene rings is 1. The van der Waals surface area contributed by atoms with Gasteiger partial charge in [-0.25, -0.2) is 0 Å². The highest BCUT2D eigenvalue weighted by Gasteiger charge is 2.30. The fourth-order valence-corrected chi connectivity index (χ4v) is 10.3. The molecule has 0 saturated heterocycles. The molecule has 0 bridgehead atoms. The third-order valence-corrected chi connectivity index (χ3v) is 12.7. The highest BCUT2D eigenvalue weighted by molar-refractivity contribution is 7.26. The van der Waals surface area contributed by atoms with Crippen LogP contribution in [0.15, 0.2) is 188 Å². The van der Waals surface area contributed by atoms with Gasteiger partial charge in [0.2, 0.25) is 0 Å². The van der Waals surface area contributed by atoms with Gasteiger partial charge in [-0.15, -0.1) is 11.3 Å². The predicted octanol–water partition coefficient (Wildman–Crippen LogP) is 16.4. The molecule has 0 aliphatic rings. The second kappa shape index (κ2) is 12.9. The maximum atomic E-state index is 13.6. The summed E-state index contributed by atoms with van der Waals surface area (Å²) in [5.41, 5.74) is 8.17. The lowest BCUT2D eigenvalue weighted by Crippen LogP contribution is -2.04. The number of benzene rings is 10. The summed E-state index contributed by atoms with van der Waals surface area (Å²) in [6.45, 7) is 0. The maximum Gasteiger partial charge on any atom is 0.416 e. The van der Waals surface area contributed by atoms with E-state index in [1.807, 2.05) is 35.6 Å². The molecule has 270 valence electrons. The monoisotopic (exact) mass is 756 g/mol. The molecule has 0 radical (unpaired) electrons. The van der Waals surface area contributed by atoms with Crippen LogP contribution in [0.2, 0.25) is 0 Å². The molecule has 0 atom stereocenters. The molecular weight excluding hydrogens is 726 g/mol. The summed E-state index contributed by atoms with van der Waals surface area (Å²) in [5, 5.41) is 11.5. The van der Waals surface area contributed by atoms with Crippen molar-refractivity contribution in [3.63, 3.8) is 0 Å². The van der Waals surface area contributed by atoms with Gasteiger partial charge in [0, 0.05) is 25.7 Å². The molecule has 0 fully saturated rings. The van der Waals surface area contributed by atoms with Crippen LogP contribution in [0.1, 0.15) is 5.56 Å². The van der Waals surface area contributed by atoms with Gasteiger partial charge in [-0.05, 0) is 106 Å². The Labute approximate surface area is 330 Å². The van der Waals surface area contributed by atoms with Crippen molar-refractivity contribution in [1.29, 1.82) is 0 Å². The van der Waals surface area contributed by atoms with Gasteiger partial charge in [-0.3, -0.25) is 0 Å². The summed E-state index contributed by atoms with van der Waals surface area (Å²) in [6, 6.07) is 63.9. The van der Waals surface area contributed by atoms with Crippen LogP contribution in [0.3, 0.4) is 0 Å². The molecule has 0 aliphatic carbocycles. The summed E-state index contributed by atoms with van der Waals surface area (Å²) >= 11 is 1.83. The Balaban J connectivity index is 1.15. The fraction of sp³-hybridized carbons (Fsp3) is 0.0189. The molecule has 0 N–H and O–H groups in total. The van der Waals surface area contributed by atoms with E-state index in [4.69, 9.17) is 0 Å². The largest absolute Gasteiger partial charge is 0.416 e. The minimum absolute atomic E-state index is 0.651. The molecule has 1 aromatic heterocycles. The van der Waals surface area contributed by atoms with Crippen molar-refractivity contribution >= 4 is 74.6 Å². The first-order chi connectivity index (χ1) is 27.9. The minimum Gasteiger partial charge on any atom is -0.166 e. The Morgan fingerprint density at radius 1 is 0.316 bits per heavy atom. The summed E-state index contributed by atoms with van der Waals surface area (Å²) in [7, 11) is 0. The van der Waals surface area contributed by atoms with Gasteiger partial charge in [0.05, 0.1) is 5.56 Å². The van der Waals surface area contributed by atoms with E-state index in [-0.39, 0.29) is 0 Å². The fourth-order valence-electron chi connectivity index (χ4n) is 9.06. The Morgan fingerprint density at radius 2 is 0.719 bits per heavy atom. The Bertz CT molecular complexity index is 3260. The van der Waals surface area contributed by atoms with Crippen LogP contribution in [0.4, 0.5) is 13.2 Å². The average Bonchev–Trinajstić information content (AvgIpc) is 3.63. The molecule has 0 aliphatic heterocycles. The molecule has 57 heavy (non-hydrogen) atoms. The average molecular weight is 757 g/mol. The molecule has 0 saturated carbocycles. The maximum absolute atomic E-state index is 13.6. The van der Waals surface area contributed by atoms with Crippen LogP contribution in [0.25, 0.3) is 108 Å². The van der Waals surface area contributed by atoms with Crippen molar-refractivity contribution in [2.24, 2.45) is 0 Å². The van der Waals surface area contributed by atoms with Gasteiger partial charge < -0.3 is 0 Å². The molecule has 1 heterocycles. The van der Waals surface area contributed by atoms with E-state index in [1.54, 1.807) is 12.1 Å². The molecule has 0 spiro atoms. The Hall–Kier alpha value is -6.75. The predicted molar refractivity (Wildman–Crippen MR) is 236 cm³/mol. The third kappa shape index (κ3) is 5.28. The van der Waals surface area contributed by atoms with Gasteiger partial charge in [0.15, 0.2) is 0 Å². The van der Waals surface area contributed by atoms with Crippen LogP contribution in [-0.2, 0) is 6.18 Å². The summed E-state index contributed by atoms with van der Waals surface area (Å²) < 4.78 is 43.1. The zero-order valence-corrected chi connectivity index (χ0v) is 31.3. The van der Waals surface area contributed by atoms with Gasteiger partial charge in [-0.2, -0.15) is 13.2 Å². The number of halogens is 3. The van der Waals surface area contributed by atoms with Crippen molar-refractivity contribution in [3.05, 3.63) is 194 Å². The van der Waals surface area contributed by atoms with Gasteiger partial charge in [-0.1, -0.05) is 164 Å². The van der Waals surface area contributed by atoms with E-state index in [0.717, 1.165) is 43.8 Å². The lowest BCUT2D eigenvalue weighted by atomic mass is 9.85. The standard InChI is InChI=1S/C53H31F3S/c54-53(55,56)35-28-25-33(26-29-35)49-36-15-4-6-17-38(36)50(39-18-7-5-16-37(39)49)34-27-30-47-46(31-34)44-23-12-24-45(52(44)57-47)51-42-21-10-8-19-40(42)48(32-13-2-1-3-14-32)41-20-9-11-22-43(41)51/h1-31H. The zero-order valence-electron chi connectivity index (χ0n) is 30.4. The van der Waals surface area contributed by atoms with E-state index in [1.165, 1.54) is 76.1 Å². The molecular formula is C53H31F3S. The first-order valence-corrected chi connectivity index (χ1v) is 19.8. The second-order valence-corrected chi connectivity index (χ2v) is 15.7. The quantitative estimate of drug-likeness (QED) is 0.157. The lowest BCUT2D eigenvalue weighted by molar-refractivity contribution is -0.137. The van der Waals surface area contributed by atoms with Crippen LogP contribution in [-0.4, -0.2) is 0 Å². The first-order valence-electron chi connectivity index (χ1n) is 19.0. The minimum atomic E-state index is -4.40. The second-order valence-electron chi connectivity index (χ2n) is 14.6. The number of fused-ring (bicyclic) bond motifs is 7. The van der Waals surface area contributed by atoms with E-state index < -0.39 is 11.7 Å². The first kappa shape index (κ1) is 33.6. The summed E-state index contributed by atoms with van der Waals surface area (Å²) in [4.78, 5) is 0. The van der Waals surface area contributed by atoms with Crippen LogP contribution in [0.5, 0.6) is 0 Å². The van der Waals surface area contributed by atoms with Gasteiger partial charge in [0.25, 0.3) is 0 Å². The van der Waals surface area contributed by atoms with E-state index in [9.17, 15) is 13.2 Å². The van der Waals surface area contributed by atoms with Gasteiger partial charge >= 0.3 is 6.18 Å². The van der Waals surface area contributed by atoms with Crippen LogP contribution in [0, 0.1) is 0 Å². The van der Waals surface area contributed by atoms with Crippen molar-refractivity contribution < 1.29 is 13.2 Å². The molecule has 0 amide bonds. The van der Waals surface area contributed by atoms with Gasteiger partial charge in [0.1, 0.15) is 0 Å². The van der Waals surface area contributed by atoms with E-state index in [2.05, 4.69) is 140 Å². The molecule has 0 unspecified atom stereocenters. The number of hydrogen-bond donors (Lipinski definition) is 0. The van der Waals surface area contributed by atoms with Crippen LogP contribution >= 0.6 is 11.3 Å². The van der Waals surface area contributed by atoms with Crippen molar-refractivity contribution in [3.8, 4) is 44.5 Å². The normalized spacial score (nSPS) is 12.1.